The Bertz CT molecular complexity index is 431. The fourth-order valence-corrected chi connectivity index (χ4v) is 2.65. The van der Waals surface area contributed by atoms with Crippen molar-refractivity contribution in [3.05, 3.63) is 23.8 Å². The Morgan fingerprint density at radius 1 is 1.24 bits per heavy atom. The molecule has 0 aromatic heterocycles. The van der Waals surface area contributed by atoms with Crippen molar-refractivity contribution in [3.63, 3.8) is 0 Å². The van der Waals surface area contributed by atoms with E-state index in [2.05, 4.69) is 44.2 Å². The monoisotopic (exact) mass is 294 g/mol. The average Bonchev–Trinajstić information content (AvgIpc) is 2.37. The van der Waals surface area contributed by atoms with Crippen molar-refractivity contribution in [1.29, 1.82) is 0 Å². The molecule has 0 saturated heterocycles. The van der Waals surface area contributed by atoms with Crippen LogP contribution in [0, 0.1) is 5.41 Å². The second kappa shape index (κ2) is 8.25. The Labute approximate surface area is 129 Å². The highest BCUT2D eigenvalue weighted by Gasteiger charge is 2.18. The zero-order valence-corrected chi connectivity index (χ0v) is 14.3. The first kappa shape index (κ1) is 17.8. The summed E-state index contributed by atoms with van der Waals surface area (Å²) in [5.41, 5.74) is 1.36. The smallest absolute Gasteiger partial charge is 0.165 e. The van der Waals surface area contributed by atoms with Crippen LogP contribution < -0.4 is 14.8 Å². The summed E-state index contributed by atoms with van der Waals surface area (Å²) in [5.74, 6) is 1.64. The summed E-state index contributed by atoms with van der Waals surface area (Å²) in [4.78, 5) is 2.22. The van der Waals surface area contributed by atoms with E-state index in [-0.39, 0.29) is 5.41 Å². The highest BCUT2D eigenvalue weighted by atomic mass is 16.5. The third-order valence-corrected chi connectivity index (χ3v) is 3.23. The molecule has 0 aliphatic carbocycles. The van der Waals surface area contributed by atoms with E-state index in [1.165, 1.54) is 0 Å². The predicted molar refractivity (Wildman–Crippen MR) is 88.2 cm³/mol. The molecule has 0 amide bonds. The van der Waals surface area contributed by atoms with Gasteiger partial charge in [0.1, 0.15) is 0 Å². The number of methoxy groups -OCH3 is 1. The number of benzene rings is 1. The molecule has 21 heavy (non-hydrogen) atoms. The first-order chi connectivity index (χ1) is 9.89. The summed E-state index contributed by atoms with van der Waals surface area (Å²) in [6, 6.07) is 6.03. The van der Waals surface area contributed by atoms with Crippen molar-refractivity contribution in [1.82, 2.24) is 10.2 Å². The van der Waals surface area contributed by atoms with Crippen LogP contribution in [0.1, 0.15) is 26.3 Å². The normalized spacial score (nSPS) is 11.8. The fourth-order valence-electron chi connectivity index (χ4n) is 2.65. The fraction of sp³-hybridized carbons (Fsp3) is 0.647. The zero-order valence-electron chi connectivity index (χ0n) is 14.3. The second-order valence-corrected chi connectivity index (χ2v) is 6.39. The third-order valence-electron chi connectivity index (χ3n) is 3.23. The first-order valence-corrected chi connectivity index (χ1v) is 7.53. The van der Waals surface area contributed by atoms with Gasteiger partial charge in [-0.25, -0.2) is 0 Å². The van der Waals surface area contributed by atoms with Crippen molar-refractivity contribution in [3.8, 4) is 11.5 Å². The zero-order chi connectivity index (χ0) is 15.9. The lowest BCUT2D eigenvalue weighted by molar-refractivity contribution is 0.232. The van der Waals surface area contributed by atoms with Crippen molar-refractivity contribution < 1.29 is 9.47 Å². The molecule has 0 saturated carbocycles. The number of hydrogen-bond donors (Lipinski definition) is 1. The number of nitrogens with zero attached hydrogens (tertiary/aromatic N) is 1. The van der Waals surface area contributed by atoms with Gasteiger partial charge in [-0.2, -0.15) is 0 Å². The van der Waals surface area contributed by atoms with Crippen LogP contribution in [0.5, 0.6) is 11.5 Å². The summed E-state index contributed by atoms with van der Waals surface area (Å²) in [5, 5.41) is 3.53. The van der Waals surface area contributed by atoms with Crippen molar-refractivity contribution in [2.75, 3.05) is 40.9 Å². The van der Waals surface area contributed by atoms with Crippen molar-refractivity contribution in [2.24, 2.45) is 5.41 Å². The minimum atomic E-state index is 0.230. The lowest BCUT2D eigenvalue weighted by atomic mass is 9.93. The highest BCUT2D eigenvalue weighted by molar-refractivity contribution is 5.46. The Morgan fingerprint density at radius 3 is 2.52 bits per heavy atom. The van der Waals surface area contributed by atoms with E-state index >= 15 is 0 Å². The molecule has 4 nitrogen and oxygen atoms in total. The molecule has 1 rings (SSSR count). The van der Waals surface area contributed by atoms with E-state index in [1.54, 1.807) is 7.11 Å². The molecule has 0 bridgehead atoms. The minimum absolute atomic E-state index is 0.230. The van der Waals surface area contributed by atoms with Crippen LogP contribution in [-0.4, -0.2) is 45.8 Å². The van der Waals surface area contributed by atoms with E-state index < -0.39 is 0 Å². The van der Waals surface area contributed by atoms with Crippen LogP contribution in [0.15, 0.2) is 18.2 Å². The van der Waals surface area contributed by atoms with Gasteiger partial charge in [0, 0.05) is 25.2 Å². The summed E-state index contributed by atoms with van der Waals surface area (Å²) in [7, 11) is 5.91. The summed E-state index contributed by atoms with van der Waals surface area (Å²) < 4.78 is 11.1. The van der Waals surface area contributed by atoms with E-state index in [4.69, 9.17) is 9.47 Å². The Balaban J connectivity index is 2.65. The lowest BCUT2D eigenvalue weighted by Crippen LogP contribution is -2.37. The van der Waals surface area contributed by atoms with Crippen molar-refractivity contribution in [2.45, 2.75) is 27.3 Å². The molecule has 120 valence electrons. The Kier molecular flexibility index (Phi) is 6.99. The molecular weight excluding hydrogens is 264 g/mol. The predicted octanol–water partition coefficient (Wildman–Crippen LogP) is 2.77. The van der Waals surface area contributed by atoms with Crippen LogP contribution in [0.4, 0.5) is 0 Å². The topological polar surface area (TPSA) is 33.7 Å². The van der Waals surface area contributed by atoms with Gasteiger partial charge in [0.2, 0.25) is 0 Å². The standard InChI is InChI=1S/C17H30N2O2/c1-7-21-15-10-8-9-14(16(15)20-6)11-18-12-17(2,3)13-19(4)5/h8-10,18H,7,11-13H2,1-6H3. The highest BCUT2D eigenvalue weighted by Crippen LogP contribution is 2.31. The molecule has 1 aromatic rings. The molecule has 1 N–H and O–H groups in total. The Morgan fingerprint density at radius 2 is 1.95 bits per heavy atom. The molecule has 0 spiro atoms. The molecule has 0 aliphatic rings. The molecule has 0 atom stereocenters. The van der Waals surface area contributed by atoms with Crippen LogP contribution in [0.25, 0.3) is 0 Å². The van der Waals surface area contributed by atoms with Gasteiger partial charge in [0.15, 0.2) is 11.5 Å². The van der Waals surface area contributed by atoms with Gasteiger partial charge < -0.3 is 19.7 Å². The molecule has 0 heterocycles. The quantitative estimate of drug-likeness (QED) is 0.759. The molecule has 0 unspecified atom stereocenters. The number of rotatable bonds is 9. The maximum absolute atomic E-state index is 5.61. The van der Waals surface area contributed by atoms with E-state index in [1.807, 2.05) is 19.1 Å². The van der Waals surface area contributed by atoms with E-state index in [9.17, 15) is 0 Å². The number of para-hydroxylation sites is 1. The number of nitrogens with one attached hydrogen (secondary N) is 1. The SMILES string of the molecule is CCOc1cccc(CNCC(C)(C)CN(C)C)c1OC. The van der Waals surface area contributed by atoms with Gasteiger partial charge >= 0.3 is 0 Å². The van der Waals surface area contributed by atoms with Crippen LogP contribution >= 0.6 is 0 Å². The maximum atomic E-state index is 5.61. The molecule has 0 fully saturated rings. The Hall–Kier alpha value is -1.26. The first-order valence-electron chi connectivity index (χ1n) is 7.53. The van der Waals surface area contributed by atoms with E-state index in [0.29, 0.717) is 6.61 Å². The second-order valence-electron chi connectivity index (χ2n) is 6.39. The van der Waals surface area contributed by atoms with E-state index in [0.717, 1.165) is 36.7 Å². The minimum Gasteiger partial charge on any atom is -0.493 e. The maximum Gasteiger partial charge on any atom is 0.165 e. The molecule has 0 radical (unpaired) electrons. The number of ether oxygens (including phenoxy) is 2. The largest absolute Gasteiger partial charge is 0.493 e. The van der Waals surface area contributed by atoms with Gasteiger partial charge in [-0.1, -0.05) is 26.0 Å². The number of hydrogen-bond acceptors (Lipinski definition) is 4. The molecule has 4 heteroatoms. The molecule has 0 aliphatic heterocycles. The molecular formula is C17H30N2O2. The average molecular weight is 294 g/mol. The summed E-state index contributed by atoms with van der Waals surface area (Å²) >= 11 is 0. The summed E-state index contributed by atoms with van der Waals surface area (Å²) in [6.07, 6.45) is 0. The molecule has 1 aromatic carbocycles. The third kappa shape index (κ3) is 5.94. The van der Waals surface area contributed by atoms with Crippen LogP contribution in [0.3, 0.4) is 0 Å². The van der Waals surface area contributed by atoms with Gasteiger partial charge in [-0.3, -0.25) is 0 Å². The van der Waals surface area contributed by atoms with Crippen molar-refractivity contribution >= 4 is 0 Å². The van der Waals surface area contributed by atoms with Crippen LogP contribution in [0.2, 0.25) is 0 Å². The van der Waals surface area contributed by atoms with Crippen LogP contribution in [-0.2, 0) is 6.54 Å². The van der Waals surface area contributed by atoms with Gasteiger partial charge in [-0.15, -0.1) is 0 Å². The lowest BCUT2D eigenvalue weighted by Gasteiger charge is -2.28. The van der Waals surface area contributed by atoms with Gasteiger partial charge in [-0.05, 0) is 32.5 Å². The van der Waals surface area contributed by atoms with Gasteiger partial charge in [0.05, 0.1) is 13.7 Å². The summed E-state index contributed by atoms with van der Waals surface area (Å²) in [6.45, 7) is 9.95. The van der Waals surface area contributed by atoms with Gasteiger partial charge in [0.25, 0.3) is 0 Å².